The molecule has 0 bridgehead atoms. The van der Waals surface area contributed by atoms with E-state index in [1.165, 1.54) is 0 Å². The number of hydrogen-bond acceptors (Lipinski definition) is 4. The summed E-state index contributed by atoms with van der Waals surface area (Å²) in [5.74, 6) is -0.694. The van der Waals surface area contributed by atoms with Gasteiger partial charge in [0, 0.05) is 26.2 Å². The van der Waals surface area contributed by atoms with Crippen LogP contribution in [-0.4, -0.2) is 60.9 Å². The van der Waals surface area contributed by atoms with E-state index in [1.54, 1.807) is 0 Å². The van der Waals surface area contributed by atoms with Crippen LogP contribution in [0.3, 0.4) is 0 Å². The Hall–Kier alpha value is -0.650. The minimum atomic E-state index is -0.694. The molecule has 1 aliphatic heterocycles. The maximum atomic E-state index is 11.1. The van der Waals surface area contributed by atoms with E-state index in [0.717, 1.165) is 58.7 Å². The minimum absolute atomic E-state index is 0.619. The van der Waals surface area contributed by atoms with Gasteiger partial charge in [-0.15, -0.1) is 0 Å². The van der Waals surface area contributed by atoms with E-state index in [9.17, 15) is 4.79 Å². The van der Waals surface area contributed by atoms with Gasteiger partial charge in [0.25, 0.3) is 0 Å². The van der Waals surface area contributed by atoms with E-state index in [0.29, 0.717) is 0 Å². The first-order valence-electron chi connectivity index (χ1n) is 6.01. The molecule has 16 heavy (non-hydrogen) atoms. The van der Waals surface area contributed by atoms with Crippen LogP contribution < -0.4 is 5.32 Å². The summed E-state index contributed by atoms with van der Waals surface area (Å²) in [6, 6.07) is 0. The fourth-order valence-corrected chi connectivity index (χ4v) is 2.27. The van der Waals surface area contributed by atoms with Crippen molar-refractivity contribution in [3.05, 3.63) is 0 Å². The third-order valence-corrected chi connectivity index (χ3v) is 3.61. The van der Waals surface area contributed by atoms with Crippen LogP contribution in [0.4, 0.5) is 0 Å². The van der Waals surface area contributed by atoms with Crippen LogP contribution in [0.15, 0.2) is 0 Å². The highest BCUT2D eigenvalue weighted by molar-refractivity contribution is 5.79. The lowest BCUT2D eigenvalue weighted by Gasteiger charge is -2.39. The molecule has 5 nitrogen and oxygen atoms in total. The van der Waals surface area contributed by atoms with Gasteiger partial charge in [0.05, 0.1) is 13.2 Å². The van der Waals surface area contributed by atoms with Gasteiger partial charge in [0.2, 0.25) is 0 Å². The molecule has 92 valence electrons. The van der Waals surface area contributed by atoms with Gasteiger partial charge in [-0.1, -0.05) is 0 Å². The Morgan fingerprint density at radius 3 is 2.56 bits per heavy atom. The third-order valence-electron chi connectivity index (χ3n) is 3.61. The van der Waals surface area contributed by atoms with E-state index < -0.39 is 11.5 Å². The van der Waals surface area contributed by atoms with Crippen molar-refractivity contribution < 1.29 is 14.6 Å². The van der Waals surface area contributed by atoms with E-state index in [2.05, 4.69) is 10.2 Å². The monoisotopic (exact) mass is 228 g/mol. The van der Waals surface area contributed by atoms with Gasteiger partial charge in [-0.05, 0) is 19.3 Å². The molecule has 0 radical (unpaired) electrons. The Bertz CT molecular complexity index is 248. The number of carbonyl (C=O) groups is 1. The highest BCUT2D eigenvalue weighted by Crippen LogP contribution is 2.31. The minimum Gasteiger partial charge on any atom is -0.480 e. The second kappa shape index (κ2) is 5.12. The van der Waals surface area contributed by atoms with Gasteiger partial charge in [-0.25, -0.2) is 0 Å². The average molecular weight is 228 g/mol. The zero-order chi connectivity index (χ0) is 11.4. The topological polar surface area (TPSA) is 61.8 Å². The Balaban J connectivity index is 1.68. The second-order valence-corrected chi connectivity index (χ2v) is 4.62. The van der Waals surface area contributed by atoms with Gasteiger partial charge in [-0.2, -0.15) is 0 Å². The van der Waals surface area contributed by atoms with Crippen LogP contribution in [0.1, 0.15) is 19.3 Å². The molecule has 0 amide bonds. The molecule has 1 saturated heterocycles. The molecule has 2 N–H and O–H groups in total. The Kier molecular flexibility index (Phi) is 3.78. The maximum absolute atomic E-state index is 11.1. The first-order valence-corrected chi connectivity index (χ1v) is 6.01. The number of morpholine rings is 1. The summed E-state index contributed by atoms with van der Waals surface area (Å²) in [6.07, 6.45) is 2.56. The maximum Gasteiger partial charge on any atom is 0.323 e. The molecule has 1 heterocycles. The molecule has 0 aromatic rings. The van der Waals surface area contributed by atoms with Gasteiger partial charge in [0.1, 0.15) is 5.54 Å². The average Bonchev–Trinajstić information content (AvgIpc) is 2.23. The van der Waals surface area contributed by atoms with Crippen molar-refractivity contribution in [3.63, 3.8) is 0 Å². The number of ether oxygens (including phenoxy) is 1. The number of rotatable bonds is 5. The van der Waals surface area contributed by atoms with Crippen molar-refractivity contribution in [1.82, 2.24) is 10.2 Å². The van der Waals surface area contributed by atoms with E-state index in [-0.39, 0.29) is 0 Å². The highest BCUT2D eigenvalue weighted by atomic mass is 16.5. The van der Waals surface area contributed by atoms with Crippen LogP contribution in [0.25, 0.3) is 0 Å². The number of nitrogens with zero attached hydrogens (tertiary/aromatic N) is 1. The summed E-state index contributed by atoms with van der Waals surface area (Å²) in [5, 5.41) is 12.3. The first-order chi connectivity index (χ1) is 7.73. The van der Waals surface area contributed by atoms with Crippen molar-refractivity contribution in [3.8, 4) is 0 Å². The molecule has 1 saturated carbocycles. The molecule has 0 aromatic heterocycles. The second-order valence-electron chi connectivity index (χ2n) is 4.62. The Morgan fingerprint density at radius 2 is 2.06 bits per heavy atom. The lowest BCUT2D eigenvalue weighted by molar-refractivity contribution is -0.148. The van der Waals surface area contributed by atoms with E-state index in [1.807, 2.05) is 0 Å². The van der Waals surface area contributed by atoms with Crippen molar-refractivity contribution >= 4 is 5.97 Å². The van der Waals surface area contributed by atoms with Gasteiger partial charge in [-0.3, -0.25) is 9.69 Å². The standard InChI is InChI=1S/C11H20N2O3/c14-10(15)11(2-1-3-11)12-4-5-13-6-8-16-9-7-13/h12H,1-9H2,(H,14,15). The summed E-state index contributed by atoms with van der Waals surface area (Å²) in [4.78, 5) is 13.4. The largest absolute Gasteiger partial charge is 0.480 e. The molecule has 5 heteroatoms. The zero-order valence-electron chi connectivity index (χ0n) is 9.57. The Morgan fingerprint density at radius 1 is 1.38 bits per heavy atom. The molecular weight excluding hydrogens is 208 g/mol. The fourth-order valence-electron chi connectivity index (χ4n) is 2.27. The fraction of sp³-hybridized carbons (Fsp3) is 0.909. The SMILES string of the molecule is O=C(O)C1(NCCN2CCOCC2)CCC1. The molecule has 0 unspecified atom stereocenters. The normalized spacial score (nSPS) is 25.0. The predicted molar refractivity (Wildman–Crippen MR) is 59.5 cm³/mol. The summed E-state index contributed by atoms with van der Waals surface area (Å²) in [7, 11) is 0. The zero-order valence-corrected chi connectivity index (χ0v) is 9.57. The van der Waals surface area contributed by atoms with Crippen LogP contribution >= 0.6 is 0 Å². The van der Waals surface area contributed by atoms with Crippen molar-refractivity contribution in [1.29, 1.82) is 0 Å². The summed E-state index contributed by atoms with van der Waals surface area (Å²) >= 11 is 0. The lowest BCUT2D eigenvalue weighted by Crippen LogP contribution is -2.58. The number of nitrogens with one attached hydrogen (secondary N) is 1. The number of hydrogen-bond donors (Lipinski definition) is 2. The molecule has 0 atom stereocenters. The smallest absolute Gasteiger partial charge is 0.323 e. The molecule has 1 aliphatic carbocycles. The predicted octanol–water partition coefficient (Wildman–Crippen LogP) is -0.0845. The number of carboxylic acid groups (broad SMARTS) is 1. The van der Waals surface area contributed by atoms with Crippen molar-refractivity contribution in [2.75, 3.05) is 39.4 Å². The van der Waals surface area contributed by atoms with Gasteiger partial charge < -0.3 is 15.2 Å². The first kappa shape index (κ1) is 11.8. The number of aliphatic carboxylic acids is 1. The molecular formula is C11H20N2O3. The lowest BCUT2D eigenvalue weighted by atomic mass is 9.77. The molecule has 0 spiro atoms. The molecule has 0 aromatic carbocycles. The third kappa shape index (κ3) is 2.53. The Labute approximate surface area is 95.8 Å². The summed E-state index contributed by atoms with van der Waals surface area (Å²) in [5.41, 5.74) is -0.619. The van der Waals surface area contributed by atoms with Crippen molar-refractivity contribution in [2.24, 2.45) is 0 Å². The van der Waals surface area contributed by atoms with Crippen LogP contribution in [-0.2, 0) is 9.53 Å². The van der Waals surface area contributed by atoms with Gasteiger partial charge in [0.15, 0.2) is 0 Å². The van der Waals surface area contributed by atoms with Crippen LogP contribution in [0.5, 0.6) is 0 Å². The summed E-state index contributed by atoms with van der Waals surface area (Å²) < 4.78 is 5.26. The van der Waals surface area contributed by atoms with Gasteiger partial charge >= 0.3 is 5.97 Å². The molecule has 2 rings (SSSR count). The quantitative estimate of drug-likeness (QED) is 0.689. The number of carboxylic acids is 1. The molecule has 2 aliphatic rings. The van der Waals surface area contributed by atoms with Crippen LogP contribution in [0, 0.1) is 0 Å². The van der Waals surface area contributed by atoms with Crippen molar-refractivity contribution in [2.45, 2.75) is 24.8 Å². The van der Waals surface area contributed by atoms with E-state index >= 15 is 0 Å². The van der Waals surface area contributed by atoms with Crippen LogP contribution in [0.2, 0.25) is 0 Å². The van der Waals surface area contributed by atoms with E-state index in [4.69, 9.17) is 9.84 Å². The highest BCUT2D eigenvalue weighted by Gasteiger charge is 2.43. The molecule has 2 fully saturated rings. The summed E-state index contributed by atoms with van der Waals surface area (Å²) in [6.45, 7) is 5.18.